The van der Waals surface area contributed by atoms with E-state index in [1.54, 1.807) is 11.0 Å². The quantitative estimate of drug-likeness (QED) is 0.291. The van der Waals surface area contributed by atoms with Gasteiger partial charge in [0.25, 0.3) is 5.91 Å². The minimum absolute atomic E-state index is 0.00346. The van der Waals surface area contributed by atoms with Crippen molar-refractivity contribution in [1.82, 2.24) is 20.1 Å². The Balaban J connectivity index is 1.13. The van der Waals surface area contributed by atoms with Crippen molar-refractivity contribution in [3.8, 4) is 22.8 Å². The maximum atomic E-state index is 14.1. The van der Waals surface area contributed by atoms with Crippen LogP contribution in [0.3, 0.4) is 0 Å². The fraction of sp³-hybridized carbons (Fsp3) is 0.472. The molecule has 0 spiro atoms. The Morgan fingerprint density at radius 2 is 1.70 bits per heavy atom. The zero-order valence-electron chi connectivity index (χ0n) is 27.1. The van der Waals surface area contributed by atoms with Gasteiger partial charge >= 0.3 is 6.09 Å². The molecule has 246 valence electrons. The molecular weight excluding hydrogens is 585 g/mol. The van der Waals surface area contributed by atoms with Gasteiger partial charge in [-0.15, -0.1) is 0 Å². The molecule has 5 rings (SSSR count). The van der Waals surface area contributed by atoms with E-state index in [0.717, 1.165) is 75.5 Å². The normalized spacial score (nSPS) is 19.0. The highest BCUT2D eigenvalue weighted by Crippen LogP contribution is 2.29. The summed E-state index contributed by atoms with van der Waals surface area (Å²) in [5.74, 6) is -0.439. The predicted molar refractivity (Wildman–Crippen MR) is 176 cm³/mol. The summed E-state index contributed by atoms with van der Waals surface area (Å²) in [6.07, 6.45) is 6.10. The Bertz CT molecular complexity index is 1480. The van der Waals surface area contributed by atoms with Gasteiger partial charge in [0.15, 0.2) is 0 Å². The number of nitrogens with one attached hydrogen (secondary N) is 1. The number of nitrogens with zero attached hydrogens (tertiary/aromatic N) is 3. The first-order valence-corrected chi connectivity index (χ1v) is 16.3. The molecule has 1 saturated carbocycles. The van der Waals surface area contributed by atoms with E-state index in [2.05, 4.69) is 39.5 Å². The van der Waals surface area contributed by atoms with Crippen molar-refractivity contribution in [1.29, 1.82) is 0 Å². The maximum Gasteiger partial charge on any atom is 0.410 e. The molecule has 10 heteroatoms. The minimum Gasteiger partial charge on any atom is -0.444 e. The van der Waals surface area contributed by atoms with Gasteiger partial charge in [0.05, 0.1) is 6.20 Å². The van der Waals surface area contributed by atoms with Gasteiger partial charge < -0.3 is 25.4 Å². The topological polar surface area (TPSA) is 110 Å². The summed E-state index contributed by atoms with van der Waals surface area (Å²) in [6.45, 7) is 9.73. The minimum atomic E-state index is -0.599. The van der Waals surface area contributed by atoms with E-state index in [9.17, 15) is 14.0 Å². The number of hydrogen-bond acceptors (Lipinski definition) is 7. The van der Waals surface area contributed by atoms with E-state index in [1.807, 2.05) is 39.0 Å². The van der Waals surface area contributed by atoms with Crippen LogP contribution < -0.4 is 15.8 Å². The Morgan fingerprint density at radius 3 is 2.39 bits per heavy atom. The first-order valence-electron chi connectivity index (χ1n) is 16.3. The van der Waals surface area contributed by atoms with Crippen molar-refractivity contribution in [2.24, 2.45) is 5.73 Å². The third-order valence-corrected chi connectivity index (χ3v) is 8.47. The Morgan fingerprint density at radius 1 is 0.978 bits per heavy atom. The van der Waals surface area contributed by atoms with Gasteiger partial charge in [0, 0.05) is 38.3 Å². The van der Waals surface area contributed by atoms with Crippen molar-refractivity contribution >= 4 is 12.0 Å². The van der Waals surface area contributed by atoms with Gasteiger partial charge in [0.1, 0.15) is 22.7 Å². The maximum absolute atomic E-state index is 14.1. The summed E-state index contributed by atoms with van der Waals surface area (Å²) in [4.78, 5) is 33.7. The van der Waals surface area contributed by atoms with Crippen LogP contribution in [0.15, 0.2) is 60.8 Å². The third kappa shape index (κ3) is 9.50. The number of amides is 2. The van der Waals surface area contributed by atoms with Crippen LogP contribution in [0.4, 0.5) is 9.18 Å². The van der Waals surface area contributed by atoms with Crippen molar-refractivity contribution in [2.75, 3.05) is 32.7 Å². The van der Waals surface area contributed by atoms with Crippen LogP contribution in [-0.4, -0.2) is 77.2 Å². The highest BCUT2D eigenvalue weighted by molar-refractivity contribution is 5.96. The summed E-state index contributed by atoms with van der Waals surface area (Å²) >= 11 is 0. The second kappa shape index (κ2) is 15.0. The standard InChI is InChI=1S/C36H46FN5O4/c1-36(2,3)46-35(44)42-20-18-41(19-21-42)17-5-6-25-9-11-26(12-10-25)27-7-4-8-31(22-27)45-34-32(23-28(37)24-39-34)33(43)40-30-15-13-29(38)14-16-30/h4,7-12,22-24,29-30H,5-6,13-21,38H2,1-3H3,(H,40,43)/t29-,30-. The molecule has 2 aliphatic rings. The van der Waals surface area contributed by atoms with Crippen LogP contribution in [0.5, 0.6) is 11.6 Å². The molecule has 1 aliphatic heterocycles. The molecule has 0 unspecified atom stereocenters. The average molecular weight is 632 g/mol. The third-order valence-electron chi connectivity index (χ3n) is 8.47. The second-order valence-electron chi connectivity index (χ2n) is 13.3. The molecule has 0 atom stereocenters. The molecule has 2 aromatic carbocycles. The summed E-state index contributed by atoms with van der Waals surface area (Å²) in [5, 5.41) is 2.99. The Labute approximate surface area is 271 Å². The molecular formula is C36H46FN5O4. The SMILES string of the molecule is CC(C)(C)OC(=O)N1CCN(CCCc2ccc(-c3cccc(Oc4ncc(F)cc4C(=O)N[C@H]4CC[C@H](N)CC4)c3)cc2)CC1. The number of rotatable bonds is 9. The lowest BCUT2D eigenvalue weighted by molar-refractivity contribution is 0.0144. The zero-order chi connectivity index (χ0) is 32.7. The predicted octanol–water partition coefficient (Wildman–Crippen LogP) is 6.17. The van der Waals surface area contributed by atoms with Gasteiger partial charge in [-0.3, -0.25) is 9.69 Å². The lowest BCUT2D eigenvalue weighted by Crippen LogP contribution is -2.50. The molecule has 1 aliphatic carbocycles. The summed E-state index contributed by atoms with van der Waals surface area (Å²) in [5.41, 5.74) is 8.83. The molecule has 1 saturated heterocycles. The molecule has 3 N–H and O–H groups in total. The number of nitrogens with two attached hydrogens (primary N) is 1. The van der Waals surface area contributed by atoms with Crippen molar-refractivity contribution in [2.45, 2.75) is 77.0 Å². The van der Waals surface area contributed by atoms with Gasteiger partial charge in [-0.1, -0.05) is 36.4 Å². The lowest BCUT2D eigenvalue weighted by Gasteiger charge is -2.35. The number of pyridine rings is 1. The molecule has 46 heavy (non-hydrogen) atoms. The number of carbonyl (C=O) groups excluding carboxylic acids is 2. The van der Waals surface area contributed by atoms with E-state index < -0.39 is 17.3 Å². The second-order valence-corrected chi connectivity index (χ2v) is 13.3. The van der Waals surface area contributed by atoms with Crippen molar-refractivity contribution < 1.29 is 23.5 Å². The highest BCUT2D eigenvalue weighted by Gasteiger charge is 2.26. The molecule has 2 fully saturated rings. The van der Waals surface area contributed by atoms with E-state index in [1.165, 1.54) is 11.6 Å². The first-order chi connectivity index (χ1) is 22.0. The largest absolute Gasteiger partial charge is 0.444 e. The molecule has 2 heterocycles. The number of piperazine rings is 1. The molecule has 9 nitrogen and oxygen atoms in total. The number of aryl methyl sites for hydroxylation is 1. The summed E-state index contributed by atoms with van der Waals surface area (Å²) in [7, 11) is 0. The van der Waals surface area contributed by atoms with Crippen LogP contribution in [0, 0.1) is 5.82 Å². The van der Waals surface area contributed by atoms with Crippen LogP contribution in [0.1, 0.15) is 68.8 Å². The number of halogens is 1. The van der Waals surface area contributed by atoms with Gasteiger partial charge in [-0.05, 0) is 101 Å². The molecule has 1 aromatic heterocycles. The van der Waals surface area contributed by atoms with Gasteiger partial charge in [-0.2, -0.15) is 0 Å². The first kappa shape index (κ1) is 33.3. The number of ether oxygens (including phenoxy) is 2. The van der Waals surface area contributed by atoms with Gasteiger partial charge in [-0.25, -0.2) is 14.2 Å². The van der Waals surface area contributed by atoms with E-state index >= 15 is 0 Å². The van der Waals surface area contributed by atoms with Crippen LogP contribution in [0.25, 0.3) is 11.1 Å². The van der Waals surface area contributed by atoms with Crippen LogP contribution in [0.2, 0.25) is 0 Å². The van der Waals surface area contributed by atoms with Crippen molar-refractivity contribution in [3.05, 3.63) is 77.7 Å². The van der Waals surface area contributed by atoms with Gasteiger partial charge in [0.2, 0.25) is 5.88 Å². The van der Waals surface area contributed by atoms with Crippen LogP contribution >= 0.6 is 0 Å². The average Bonchev–Trinajstić information content (AvgIpc) is 3.03. The fourth-order valence-corrected chi connectivity index (χ4v) is 5.90. The molecule has 3 aromatic rings. The molecule has 0 bridgehead atoms. The smallest absolute Gasteiger partial charge is 0.410 e. The molecule has 0 radical (unpaired) electrons. The van der Waals surface area contributed by atoms with Crippen LogP contribution in [-0.2, 0) is 11.2 Å². The number of hydrogen-bond donors (Lipinski definition) is 2. The number of carbonyl (C=O) groups is 2. The fourth-order valence-electron chi connectivity index (χ4n) is 5.90. The highest BCUT2D eigenvalue weighted by atomic mass is 19.1. The number of benzene rings is 2. The monoisotopic (exact) mass is 631 g/mol. The summed E-state index contributed by atoms with van der Waals surface area (Å²) in [6, 6.07) is 17.4. The number of aromatic nitrogens is 1. The Hall–Kier alpha value is -4.02. The Kier molecular flexibility index (Phi) is 10.9. The summed E-state index contributed by atoms with van der Waals surface area (Å²) < 4.78 is 25.7. The zero-order valence-corrected chi connectivity index (χ0v) is 27.1. The lowest BCUT2D eigenvalue weighted by atomic mass is 9.91. The van der Waals surface area contributed by atoms with E-state index in [0.29, 0.717) is 18.8 Å². The van der Waals surface area contributed by atoms with Crippen molar-refractivity contribution in [3.63, 3.8) is 0 Å². The van der Waals surface area contributed by atoms with E-state index in [4.69, 9.17) is 15.2 Å². The molecule has 2 amide bonds. The van der Waals surface area contributed by atoms with E-state index in [-0.39, 0.29) is 29.6 Å².